The SMILES string of the molecule is CN=C(NCc1ccc(OC)c(NC(C)=O)c1)NC(C)CCC(C)C.I. The maximum Gasteiger partial charge on any atom is 0.221 e. The molecule has 7 heteroatoms. The first-order valence-corrected chi connectivity index (χ1v) is 8.77. The van der Waals surface area contributed by atoms with Crippen LogP contribution in [0.3, 0.4) is 0 Å². The third-order valence-electron chi connectivity index (χ3n) is 3.82. The van der Waals surface area contributed by atoms with Crippen molar-refractivity contribution in [2.45, 2.75) is 53.1 Å². The summed E-state index contributed by atoms with van der Waals surface area (Å²) in [5.41, 5.74) is 1.70. The van der Waals surface area contributed by atoms with Crippen LogP contribution < -0.4 is 20.7 Å². The van der Waals surface area contributed by atoms with Gasteiger partial charge in [-0.05, 0) is 43.4 Å². The van der Waals surface area contributed by atoms with E-state index in [0.717, 1.165) is 17.9 Å². The maximum atomic E-state index is 11.3. The Bertz CT molecular complexity index is 591. The Kier molecular flexibility index (Phi) is 12.0. The third-order valence-corrected chi connectivity index (χ3v) is 3.82. The minimum Gasteiger partial charge on any atom is -0.495 e. The van der Waals surface area contributed by atoms with Gasteiger partial charge in [-0.15, -0.1) is 24.0 Å². The molecule has 0 aliphatic carbocycles. The summed E-state index contributed by atoms with van der Waals surface area (Å²) < 4.78 is 5.28. The van der Waals surface area contributed by atoms with E-state index in [0.29, 0.717) is 29.9 Å². The molecule has 1 aromatic carbocycles. The molecule has 148 valence electrons. The Morgan fingerprint density at radius 2 is 1.92 bits per heavy atom. The Hall–Kier alpha value is -1.51. The van der Waals surface area contributed by atoms with Crippen LogP contribution in [0.15, 0.2) is 23.2 Å². The van der Waals surface area contributed by atoms with Crippen molar-refractivity contribution in [2.24, 2.45) is 10.9 Å². The van der Waals surface area contributed by atoms with Gasteiger partial charge in [0, 0.05) is 26.6 Å². The number of halogens is 1. The Balaban J connectivity index is 0.00000625. The summed E-state index contributed by atoms with van der Waals surface area (Å²) in [4.78, 5) is 15.6. The van der Waals surface area contributed by atoms with Crippen LogP contribution in [0.4, 0.5) is 5.69 Å². The zero-order valence-electron chi connectivity index (χ0n) is 16.7. The Morgan fingerprint density at radius 3 is 2.46 bits per heavy atom. The number of carbonyl (C=O) groups excluding carboxylic acids is 1. The minimum atomic E-state index is -0.125. The van der Waals surface area contributed by atoms with Gasteiger partial charge in [-0.1, -0.05) is 19.9 Å². The molecule has 1 unspecified atom stereocenters. The van der Waals surface area contributed by atoms with Gasteiger partial charge < -0.3 is 20.7 Å². The normalized spacial score (nSPS) is 12.2. The number of benzene rings is 1. The van der Waals surface area contributed by atoms with Crippen molar-refractivity contribution in [2.75, 3.05) is 19.5 Å². The average molecular weight is 476 g/mol. The molecule has 0 fully saturated rings. The van der Waals surface area contributed by atoms with Crippen molar-refractivity contribution < 1.29 is 9.53 Å². The molecule has 0 aliphatic heterocycles. The molecule has 3 N–H and O–H groups in total. The molecule has 6 nitrogen and oxygen atoms in total. The van der Waals surface area contributed by atoms with Gasteiger partial charge in [0.15, 0.2) is 5.96 Å². The topological polar surface area (TPSA) is 74.8 Å². The lowest BCUT2D eigenvalue weighted by molar-refractivity contribution is -0.114. The van der Waals surface area contributed by atoms with Gasteiger partial charge in [-0.25, -0.2) is 0 Å². The lowest BCUT2D eigenvalue weighted by Crippen LogP contribution is -2.41. The van der Waals surface area contributed by atoms with E-state index in [9.17, 15) is 4.79 Å². The van der Waals surface area contributed by atoms with Crippen LogP contribution in [-0.4, -0.2) is 32.1 Å². The quantitative estimate of drug-likeness (QED) is 0.304. The maximum absolute atomic E-state index is 11.3. The van der Waals surface area contributed by atoms with Gasteiger partial charge >= 0.3 is 0 Å². The molecule has 1 atom stereocenters. The molecule has 1 rings (SSSR count). The predicted octanol–water partition coefficient (Wildman–Crippen LogP) is 3.76. The van der Waals surface area contributed by atoms with E-state index in [1.807, 2.05) is 18.2 Å². The van der Waals surface area contributed by atoms with Crippen molar-refractivity contribution >= 4 is 41.5 Å². The second kappa shape index (κ2) is 12.8. The predicted molar refractivity (Wildman–Crippen MR) is 120 cm³/mol. The van der Waals surface area contributed by atoms with E-state index in [1.165, 1.54) is 13.3 Å². The number of carbonyl (C=O) groups is 1. The van der Waals surface area contributed by atoms with E-state index in [-0.39, 0.29) is 29.9 Å². The van der Waals surface area contributed by atoms with Gasteiger partial charge in [0.2, 0.25) is 5.91 Å². The van der Waals surface area contributed by atoms with Crippen LogP contribution in [0.1, 0.15) is 46.1 Å². The summed E-state index contributed by atoms with van der Waals surface area (Å²) in [6, 6.07) is 6.08. The van der Waals surface area contributed by atoms with Gasteiger partial charge in [0.25, 0.3) is 0 Å². The standard InChI is InChI=1S/C19H32N4O2.HI/c1-13(2)7-8-14(3)22-19(20-5)21-12-16-9-10-18(25-6)17(11-16)23-15(4)24;/h9-11,13-14H,7-8,12H2,1-6H3,(H,23,24)(H2,20,21,22);1H. The highest BCUT2D eigenvalue weighted by molar-refractivity contribution is 14.0. The highest BCUT2D eigenvalue weighted by Crippen LogP contribution is 2.25. The molecule has 0 saturated heterocycles. The van der Waals surface area contributed by atoms with E-state index in [2.05, 4.69) is 41.7 Å². The molecule has 0 spiro atoms. The van der Waals surface area contributed by atoms with Gasteiger partial charge in [-0.3, -0.25) is 9.79 Å². The number of nitrogens with one attached hydrogen (secondary N) is 3. The molecule has 0 aromatic heterocycles. The van der Waals surface area contributed by atoms with E-state index in [1.54, 1.807) is 14.2 Å². The monoisotopic (exact) mass is 476 g/mol. The second-order valence-electron chi connectivity index (χ2n) is 6.66. The molecule has 0 radical (unpaired) electrons. The smallest absolute Gasteiger partial charge is 0.221 e. The molecule has 1 amide bonds. The van der Waals surface area contributed by atoms with Crippen LogP contribution in [0, 0.1) is 5.92 Å². The lowest BCUT2D eigenvalue weighted by Gasteiger charge is -2.19. The number of aliphatic imine (C=N–C) groups is 1. The van der Waals surface area contributed by atoms with Crippen LogP contribution in [0.25, 0.3) is 0 Å². The van der Waals surface area contributed by atoms with E-state index >= 15 is 0 Å². The highest BCUT2D eigenvalue weighted by atomic mass is 127. The van der Waals surface area contributed by atoms with Crippen molar-refractivity contribution in [3.05, 3.63) is 23.8 Å². The molecule has 0 heterocycles. The summed E-state index contributed by atoms with van der Waals surface area (Å²) in [6.45, 7) is 8.71. The van der Waals surface area contributed by atoms with Crippen LogP contribution in [0.5, 0.6) is 5.75 Å². The molecule has 0 bridgehead atoms. The zero-order chi connectivity index (χ0) is 18.8. The number of hydrogen-bond donors (Lipinski definition) is 3. The summed E-state index contributed by atoms with van der Waals surface area (Å²) >= 11 is 0. The molecule has 1 aromatic rings. The van der Waals surface area contributed by atoms with Crippen LogP contribution >= 0.6 is 24.0 Å². The number of guanidine groups is 1. The number of nitrogens with zero attached hydrogens (tertiary/aromatic N) is 1. The number of ether oxygens (including phenoxy) is 1. The number of hydrogen-bond acceptors (Lipinski definition) is 3. The first-order chi connectivity index (χ1) is 11.8. The second-order valence-corrected chi connectivity index (χ2v) is 6.66. The summed E-state index contributed by atoms with van der Waals surface area (Å²) in [5, 5.41) is 9.50. The van der Waals surface area contributed by atoms with Crippen molar-refractivity contribution in [1.29, 1.82) is 0 Å². The molecule has 0 saturated carbocycles. The number of methoxy groups -OCH3 is 1. The molecular weight excluding hydrogens is 443 g/mol. The largest absolute Gasteiger partial charge is 0.495 e. The van der Waals surface area contributed by atoms with Crippen LogP contribution in [0.2, 0.25) is 0 Å². The van der Waals surface area contributed by atoms with E-state index in [4.69, 9.17) is 4.74 Å². The van der Waals surface area contributed by atoms with E-state index < -0.39 is 0 Å². The van der Waals surface area contributed by atoms with Gasteiger partial charge in [0.1, 0.15) is 5.75 Å². The minimum absolute atomic E-state index is 0. The fourth-order valence-electron chi connectivity index (χ4n) is 2.42. The van der Waals surface area contributed by atoms with Crippen molar-refractivity contribution in [3.8, 4) is 5.75 Å². The fourth-order valence-corrected chi connectivity index (χ4v) is 2.42. The Morgan fingerprint density at radius 1 is 1.23 bits per heavy atom. The molecular formula is C19H33IN4O2. The number of anilines is 1. The van der Waals surface area contributed by atoms with Gasteiger partial charge in [-0.2, -0.15) is 0 Å². The summed E-state index contributed by atoms with van der Waals surface area (Å²) in [5.74, 6) is 1.99. The van der Waals surface area contributed by atoms with Crippen molar-refractivity contribution in [1.82, 2.24) is 10.6 Å². The molecule has 26 heavy (non-hydrogen) atoms. The third kappa shape index (κ3) is 9.26. The number of rotatable bonds is 8. The first-order valence-electron chi connectivity index (χ1n) is 8.77. The van der Waals surface area contributed by atoms with Crippen LogP contribution in [-0.2, 0) is 11.3 Å². The first kappa shape index (κ1) is 24.5. The van der Waals surface area contributed by atoms with Crippen molar-refractivity contribution in [3.63, 3.8) is 0 Å². The zero-order valence-corrected chi connectivity index (χ0v) is 19.0. The number of amides is 1. The lowest BCUT2D eigenvalue weighted by atomic mass is 10.0. The summed E-state index contributed by atoms with van der Waals surface area (Å²) in [7, 11) is 3.35. The fraction of sp³-hybridized carbons (Fsp3) is 0.579. The highest BCUT2D eigenvalue weighted by Gasteiger charge is 2.08. The molecule has 0 aliphatic rings. The van der Waals surface area contributed by atoms with Gasteiger partial charge in [0.05, 0.1) is 12.8 Å². The Labute approximate surface area is 174 Å². The average Bonchev–Trinajstić information content (AvgIpc) is 2.56. The summed E-state index contributed by atoms with van der Waals surface area (Å²) in [6.07, 6.45) is 2.29.